The molecule has 0 aliphatic heterocycles. The van der Waals surface area contributed by atoms with Gasteiger partial charge in [-0.3, -0.25) is 4.79 Å². The number of ether oxygens (including phenoxy) is 1. The summed E-state index contributed by atoms with van der Waals surface area (Å²) < 4.78 is 10.3. The molecule has 0 radical (unpaired) electrons. The molecule has 110 valence electrons. The van der Waals surface area contributed by atoms with E-state index in [1.54, 1.807) is 19.1 Å². The fourth-order valence-corrected chi connectivity index (χ4v) is 1.98. The number of aryl methyl sites for hydroxylation is 1. The number of hydrogen-bond acceptors (Lipinski definition) is 6. The predicted molar refractivity (Wildman–Crippen MR) is 78.7 cm³/mol. The van der Waals surface area contributed by atoms with Crippen LogP contribution < -0.4 is 10.2 Å². The van der Waals surface area contributed by atoms with Crippen molar-refractivity contribution in [2.75, 3.05) is 7.11 Å². The summed E-state index contributed by atoms with van der Waals surface area (Å²) >= 11 is 3.20. The average molecular weight is 354 g/mol. The number of amides is 1. The lowest BCUT2D eigenvalue weighted by atomic mass is 10.2. The molecule has 1 aromatic carbocycles. The molecule has 0 unspecified atom stereocenters. The molecule has 1 amide bonds. The van der Waals surface area contributed by atoms with Gasteiger partial charge < -0.3 is 14.4 Å². The Labute approximate surface area is 128 Å². The number of aromatic nitrogens is 1. The average Bonchev–Trinajstić information content (AvgIpc) is 2.89. The van der Waals surface area contributed by atoms with E-state index in [0.717, 1.165) is 0 Å². The van der Waals surface area contributed by atoms with E-state index < -0.39 is 5.91 Å². The minimum absolute atomic E-state index is 0.00300. The molecule has 7 nitrogen and oxygen atoms in total. The van der Waals surface area contributed by atoms with Gasteiger partial charge in [0.05, 0.1) is 17.8 Å². The topological polar surface area (TPSA) is 97.0 Å². The molecule has 0 bridgehead atoms. The van der Waals surface area contributed by atoms with Crippen LogP contribution in [0.25, 0.3) is 0 Å². The Balaban J connectivity index is 2.08. The summed E-state index contributed by atoms with van der Waals surface area (Å²) in [5.41, 5.74) is 3.10. The van der Waals surface area contributed by atoms with E-state index >= 15 is 0 Å². The van der Waals surface area contributed by atoms with Crippen molar-refractivity contribution in [3.05, 3.63) is 39.7 Å². The standard InChI is InChI=1S/C13H12BrN3O4/c1-7-3-10(17-21-7)13(19)16-15-6-8-4-9(14)12(18)11(5-8)20-2/h3-6,18H,1-2H3,(H,16,19)/b15-6+. The van der Waals surface area contributed by atoms with E-state index in [1.165, 1.54) is 19.4 Å². The highest BCUT2D eigenvalue weighted by Gasteiger charge is 2.10. The number of hydrazone groups is 1. The second-order valence-corrected chi connectivity index (χ2v) is 4.93. The lowest BCUT2D eigenvalue weighted by molar-refractivity contribution is 0.0946. The number of carbonyl (C=O) groups is 1. The monoisotopic (exact) mass is 353 g/mol. The van der Waals surface area contributed by atoms with Crippen LogP contribution in [0.3, 0.4) is 0 Å². The second-order valence-electron chi connectivity index (χ2n) is 4.08. The number of benzene rings is 1. The Morgan fingerprint density at radius 2 is 2.29 bits per heavy atom. The zero-order valence-electron chi connectivity index (χ0n) is 11.3. The first-order valence-electron chi connectivity index (χ1n) is 5.84. The van der Waals surface area contributed by atoms with Crippen molar-refractivity contribution in [1.82, 2.24) is 10.6 Å². The van der Waals surface area contributed by atoms with Crippen molar-refractivity contribution >= 4 is 28.1 Å². The van der Waals surface area contributed by atoms with E-state index in [0.29, 0.717) is 21.5 Å². The lowest BCUT2D eigenvalue weighted by Gasteiger charge is -2.06. The van der Waals surface area contributed by atoms with Crippen molar-refractivity contribution in [1.29, 1.82) is 0 Å². The summed E-state index contributed by atoms with van der Waals surface area (Å²) in [7, 11) is 1.44. The molecule has 0 aliphatic carbocycles. The van der Waals surface area contributed by atoms with Gasteiger partial charge in [-0.1, -0.05) is 5.16 Å². The normalized spacial score (nSPS) is 10.8. The van der Waals surface area contributed by atoms with Crippen LogP contribution in [0, 0.1) is 6.92 Å². The zero-order valence-corrected chi connectivity index (χ0v) is 12.8. The van der Waals surface area contributed by atoms with Crippen LogP contribution in [0.15, 0.2) is 32.3 Å². The summed E-state index contributed by atoms with van der Waals surface area (Å²) in [4.78, 5) is 11.7. The first-order chi connectivity index (χ1) is 10.0. The fourth-order valence-electron chi connectivity index (χ4n) is 1.52. The van der Waals surface area contributed by atoms with E-state index in [1.807, 2.05) is 0 Å². The molecule has 2 rings (SSSR count). The molecule has 0 atom stereocenters. The summed E-state index contributed by atoms with van der Waals surface area (Å²) in [5.74, 6) is 0.352. The van der Waals surface area contributed by atoms with Crippen molar-refractivity contribution < 1.29 is 19.2 Å². The van der Waals surface area contributed by atoms with Gasteiger partial charge in [0.2, 0.25) is 0 Å². The van der Waals surface area contributed by atoms with E-state index in [-0.39, 0.29) is 11.4 Å². The van der Waals surface area contributed by atoms with E-state index in [4.69, 9.17) is 9.26 Å². The maximum atomic E-state index is 11.7. The van der Waals surface area contributed by atoms with E-state index in [9.17, 15) is 9.90 Å². The van der Waals surface area contributed by atoms with Crippen LogP contribution in [0.4, 0.5) is 0 Å². The van der Waals surface area contributed by atoms with Crippen LogP contribution in [0.1, 0.15) is 21.8 Å². The Kier molecular flexibility index (Phi) is 4.59. The van der Waals surface area contributed by atoms with Crippen LogP contribution in [-0.2, 0) is 0 Å². The number of carbonyl (C=O) groups excluding carboxylic acids is 1. The van der Waals surface area contributed by atoms with Gasteiger partial charge >= 0.3 is 0 Å². The highest BCUT2D eigenvalue weighted by atomic mass is 79.9. The third-order valence-corrected chi connectivity index (χ3v) is 3.12. The number of halogens is 1. The number of phenols is 1. The Morgan fingerprint density at radius 3 is 2.90 bits per heavy atom. The van der Waals surface area contributed by atoms with Crippen LogP contribution in [0.2, 0.25) is 0 Å². The summed E-state index contributed by atoms with van der Waals surface area (Å²) in [5, 5.41) is 17.1. The van der Waals surface area contributed by atoms with Gasteiger partial charge in [-0.05, 0) is 40.5 Å². The molecule has 0 aliphatic rings. The molecule has 2 aromatic rings. The Hall–Kier alpha value is -2.35. The highest BCUT2D eigenvalue weighted by molar-refractivity contribution is 9.10. The zero-order chi connectivity index (χ0) is 15.4. The van der Waals surface area contributed by atoms with Gasteiger partial charge in [0.25, 0.3) is 5.91 Å². The molecule has 8 heteroatoms. The molecule has 0 spiro atoms. The first-order valence-corrected chi connectivity index (χ1v) is 6.63. The van der Waals surface area contributed by atoms with Crippen LogP contribution in [-0.4, -0.2) is 29.5 Å². The number of hydrogen-bond donors (Lipinski definition) is 2. The quantitative estimate of drug-likeness (QED) is 0.648. The maximum Gasteiger partial charge on any atom is 0.293 e. The van der Waals surface area contributed by atoms with Gasteiger partial charge in [0, 0.05) is 6.07 Å². The summed E-state index contributed by atoms with van der Waals surface area (Å²) in [6, 6.07) is 4.72. The minimum Gasteiger partial charge on any atom is -0.503 e. The predicted octanol–water partition coefficient (Wildman–Crippen LogP) is 2.22. The highest BCUT2D eigenvalue weighted by Crippen LogP contribution is 2.34. The van der Waals surface area contributed by atoms with E-state index in [2.05, 4.69) is 31.6 Å². The van der Waals surface area contributed by atoms with Crippen molar-refractivity contribution in [2.24, 2.45) is 5.10 Å². The van der Waals surface area contributed by atoms with Gasteiger partial charge in [0.1, 0.15) is 5.76 Å². The largest absolute Gasteiger partial charge is 0.503 e. The van der Waals surface area contributed by atoms with Gasteiger partial charge in [-0.2, -0.15) is 5.10 Å². The molecular weight excluding hydrogens is 342 g/mol. The van der Waals surface area contributed by atoms with Crippen molar-refractivity contribution in [2.45, 2.75) is 6.92 Å². The molecule has 2 N–H and O–H groups in total. The smallest absolute Gasteiger partial charge is 0.293 e. The molecular formula is C13H12BrN3O4. The summed E-state index contributed by atoms with van der Waals surface area (Å²) in [6.45, 7) is 1.69. The van der Waals surface area contributed by atoms with Crippen LogP contribution >= 0.6 is 15.9 Å². The van der Waals surface area contributed by atoms with Gasteiger partial charge in [-0.15, -0.1) is 0 Å². The number of aromatic hydroxyl groups is 1. The van der Waals surface area contributed by atoms with Gasteiger partial charge in [0.15, 0.2) is 17.2 Å². The maximum absolute atomic E-state index is 11.7. The minimum atomic E-state index is -0.479. The second kappa shape index (κ2) is 6.40. The number of methoxy groups -OCH3 is 1. The van der Waals surface area contributed by atoms with Crippen molar-refractivity contribution in [3.63, 3.8) is 0 Å². The molecule has 0 saturated heterocycles. The third-order valence-electron chi connectivity index (χ3n) is 2.51. The summed E-state index contributed by atoms with van der Waals surface area (Å²) in [6.07, 6.45) is 1.41. The lowest BCUT2D eigenvalue weighted by Crippen LogP contribution is -2.17. The fraction of sp³-hybridized carbons (Fsp3) is 0.154. The molecule has 1 heterocycles. The Morgan fingerprint density at radius 1 is 1.52 bits per heavy atom. The van der Waals surface area contributed by atoms with Crippen molar-refractivity contribution in [3.8, 4) is 11.5 Å². The number of phenolic OH excluding ortho intramolecular Hbond substituents is 1. The number of nitrogens with zero attached hydrogens (tertiary/aromatic N) is 2. The SMILES string of the molecule is COc1cc(/C=N/NC(=O)c2cc(C)on2)cc(Br)c1O. The Bertz CT molecular complexity index is 697. The molecule has 21 heavy (non-hydrogen) atoms. The number of rotatable bonds is 4. The van der Waals surface area contributed by atoms with Crippen LogP contribution in [0.5, 0.6) is 11.5 Å². The molecule has 1 aromatic heterocycles. The third kappa shape index (κ3) is 3.60. The molecule has 0 fully saturated rings. The first kappa shape index (κ1) is 15.0. The number of nitrogens with one attached hydrogen (secondary N) is 1. The molecule has 0 saturated carbocycles. The van der Waals surface area contributed by atoms with Gasteiger partial charge in [-0.25, -0.2) is 5.43 Å².